The van der Waals surface area contributed by atoms with Gasteiger partial charge < -0.3 is 14.8 Å². The fourth-order valence-electron chi connectivity index (χ4n) is 3.41. The van der Waals surface area contributed by atoms with Crippen molar-refractivity contribution >= 4 is 72.4 Å². The summed E-state index contributed by atoms with van der Waals surface area (Å²) in [6, 6.07) is 13.7. The molecule has 1 saturated heterocycles. The van der Waals surface area contributed by atoms with Gasteiger partial charge in [-0.15, -0.1) is 0 Å². The topological polar surface area (TPSA) is 84.9 Å². The van der Waals surface area contributed by atoms with E-state index >= 15 is 0 Å². The minimum Gasteiger partial charge on any atom is -0.493 e. The number of ether oxygens (including phenoxy) is 2. The molecule has 3 aromatic carbocycles. The van der Waals surface area contributed by atoms with Gasteiger partial charge >= 0.3 is 0 Å². The van der Waals surface area contributed by atoms with Crippen LogP contribution in [0.15, 0.2) is 68.4 Å². The number of anilines is 1. The summed E-state index contributed by atoms with van der Waals surface area (Å²) < 4.78 is 39.8. The lowest BCUT2D eigenvalue weighted by molar-refractivity contribution is -0.127. The highest BCUT2D eigenvalue weighted by atomic mass is 79.9. The van der Waals surface area contributed by atoms with E-state index in [1.54, 1.807) is 12.1 Å². The molecule has 4 rings (SSSR count). The number of thioether (sulfide) groups is 1. The molecular weight excluding hydrogens is 650 g/mol. The number of hydrogen-bond donors (Lipinski definition) is 1. The Balaban J connectivity index is 1.46. The highest BCUT2D eigenvalue weighted by Gasteiger charge is 2.36. The average molecular weight is 668 g/mol. The molecule has 0 aliphatic carbocycles. The molecule has 1 aliphatic rings. The van der Waals surface area contributed by atoms with Crippen molar-refractivity contribution < 1.29 is 32.6 Å². The van der Waals surface area contributed by atoms with E-state index in [4.69, 9.17) is 9.47 Å². The molecule has 3 amide bonds. The molecule has 0 unspecified atom stereocenters. The molecule has 0 bridgehead atoms. The zero-order valence-corrected chi connectivity index (χ0v) is 23.6. The largest absolute Gasteiger partial charge is 0.493 e. The molecule has 3 aromatic rings. The highest BCUT2D eigenvalue weighted by Crippen LogP contribution is 2.39. The smallest absolute Gasteiger partial charge is 0.294 e. The fraction of sp³-hybridized carbons (Fsp3) is 0.115. The SMILES string of the molecule is COc1cc(/C=C2/SC(=O)N(CC(=O)Nc3ccc(F)cc3F)C2=O)cc(Br)c1OCc1ccc(Br)cc1. The van der Waals surface area contributed by atoms with Crippen LogP contribution in [0.25, 0.3) is 6.08 Å². The standard InChI is InChI=1S/C26H18Br2F2N2O5S/c1-36-21-9-15(8-18(28)24(21)37-13-14-2-4-16(27)5-3-14)10-22-25(34)32(26(35)38-22)12-23(33)31-20-7-6-17(29)11-19(20)30/h2-11H,12-13H2,1H3,(H,31,33)/b22-10+. The predicted octanol–water partition coefficient (Wildman–Crippen LogP) is 6.75. The summed E-state index contributed by atoms with van der Waals surface area (Å²) in [6.45, 7) is -0.334. The molecule has 1 heterocycles. The molecule has 1 fully saturated rings. The highest BCUT2D eigenvalue weighted by molar-refractivity contribution is 9.10. The molecule has 1 aliphatic heterocycles. The van der Waals surface area contributed by atoms with Crippen molar-refractivity contribution in [3.63, 3.8) is 0 Å². The number of carbonyl (C=O) groups is 3. The molecule has 1 N–H and O–H groups in total. The summed E-state index contributed by atoms with van der Waals surface area (Å²) in [4.78, 5) is 38.4. The number of nitrogens with one attached hydrogen (secondary N) is 1. The zero-order chi connectivity index (χ0) is 27.4. The van der Waals surface area contributed by atoms with Crippen LogP contribution >= 0.6 is 43.6 Å². The van der Waals surface area contributed by atoms with Gasteiger partial charge in [-0.1, -0.05) is 28.1 Å². The molecule has 0 aromatic heterocycles. The summed E-state index contributed by atoms with van der Waals surface area (Å²) in [5.74, 6) is -2.40. The lowest BCUT2D eigenvalue weighted by Crippen LogP contribution is -2.36. The Bertz CT molecular complexity index is 1450. The number of benzene rings is 3. The third-order valence-electron chi connectivity index (χ3n) is 5.23. The first-order valence-electron chi connectivity index (χ1n) is 10.9. The maximum absolute atomic E-state index is 13.8. The lowest BCUT2D eigenvalue weighted by atomic mass is 10.1. The Hall–Kier alpha value is -3.22. The van der Waals surface area contributed by atoms with E-state index in [1.165, 1.54) is 13.2 Å². The summed E-state index contributed by atoms with van der Waals surface area (Å²) in [7, 11) is 1.48. The number of rotatable bonds is 8. The predicted molar refractivity (Wildman–Crippen MR) is 147 cm³/mol. The first kappa shape index (κ1) is 27.8. The van der Waals surface area contributed by atoms with Gasteiger partial charge in [-0.2, -0.15) is 0 Å². The molecule has 0 saturated carbocycles. The van der Waals surface area contributed by atoms with Crippen molar-refractivity contribution in [2.45, 2.75) is 6.61 Å². The van der Waals surface area contributed by atoms with Gasteiger partial charge in [0.25, 0.3) is 11.1 Å². The van der Waals surface area contributed by atoms with E-state index in [0.29, 0.717) is 46.0 Å². The van der Waals surface area contributed by atoms with Gasteiger partial charge in [-0.25, -0.2) is 8.78 Å². The molecule has 0 radical (unpaired) electrons. The van der Waals surface area contributed by atoms with Gasteiger partial charge in [-0.05, 0) is 81.3 Å². The van der Waals surface area contributed by atoms with Crippen LogP contribution in [-0.4, -0.2) is 35.6 Å². The molecular formula is C26H18Br2F2N2O5S. The van der Waals surface area contributed by atoms with Crippen LogP contribution in [0.1, 0.15) is 11.1 Å². The Labute approximate surface area is 237 Å². The fourth-order valence-corrected chi connectivity index (χ4v) is 5.09. The monoisotopic (exact) mass is 666 g/mol. The van der Waals surface area contributed by atoms with Gasteiger partial charge in [0, 0.05) is 10.5 Å². The van der Waals surface area contributed by atoms with Crippen molar-refractivity contribution in [1.82, 2.24) is 4.90 Å². The number of methoxy groups -OCH3 is 1. The van der Waals surface area contributed by atoms with Crippen LogP contribution in [0.5, 0.6) is 11.5 Å². The molecule has 196 valence electrons. The average Bonchev–Trinajstić information content (AvgIpc) is 3.13. The van der Waals surface area contributed by atoms with Crippen LogP contribution in [0.2, 0.25) is 0 Å². The molecule has 0 atom stereocenters. The third-order valence-corrected chi connectivity index (χ3v) is 7.25. The number of carbonyl (C=O) groups excluding carboxylic acids is 3. The van der Waals surface area contributed by atoms with Crippen molar-refractivity contribution in [3.05, 3.63) is 91.2 Å². The van der Waals surface area contributed by atoms with E-state index in [0.717, 1.165) is 27.1 Å². The Morgan fingerprint density at radius 1 is 1.08 bits per heavy atom. The number of hydrogen-bond acceptors (Lipinski definition) is 6. The second-order valence-corrected chi connectivity index (χ2v) is 10.7. The number of imide groups is 1. The summed E-state index contributed by atoms with van der Waals surface area (Å²) in [6.07, 6.45) is 1.49. The summed E-state index contributed by atoms with van der Waals surface area (Å²) in [5, 5.41) is 1.57. The van der Waals surface area contributed by atoms with Crippen LogP contribution in [-0.2, 0) is 16.2 Å². The van der Waals surface area contributed by atoms with Crippen LogP contribution < -0.4 is 14.8 Å². The van der Waals surface area contributed by atoms with E-state index in [9.17, 15) is 23.2 Å². The number of halogens is 4. The maximum Gasteiger partial charge on any atom is 0.294 e. The van der Waals surface area contributed by atoms with Crippen molar-refractivity contribution in [2.24, 2.45) is 0 Å². The second kappa shape index (κ2) is 12.1. The van der Waals surface area contributed by atoms with Gasteiger partial charge in [0.1, 0.15) is 24.8 Å². The van der Waals surface area contributed by atoms with Crippen molar-refractivity contribution in [2.75, 3.05) is 19.0 Å². The molecule has 0 spiro atoms. The maximum atomic E-state index is 13.8. The van der Waals surface area contributed by atoms with Crippen molar-refractivity contribution in [1.29, 1.82) is 0 Å². The normalized spacial score (nSPS) is 14.2. The zero-order valence-electron chi connectivity index (χ0n) is 19.6. The summed E-state index contributed by atoms with van der Waals surface area (Å²) >= 11 is 7.53. The third kappa shape index (κ3) is 6.61. The van der Waals surface area contributed by atoms with Gasteiger partial charge in [0.2, 0.25) is 5.91 Å². The number of nitrogens with zero attached hydrogens (tertiary/aromatic N) is 1. The Morgan fingerprint density at radius 2 is 1.82 bits per heavy atom. The van der Waals surface area contributed by atoms with Crippen LogP contribution in [0.3, 0.4) is 0 Å². The first-order chi connectivity index (χ1) is 18.1. The van der Waals surface area contributed by atoms with Crippen LogP contribution in [0, 0.1) is 11.6 Å². The summed E-state index contributed by atoms with van der Waals surface area (Å²) in [5.41, 5.74) is 1.23. The van der Waals surface area contributed by atoms with E-state index < -0.39 is 35.2 Å². The van der Waals surface area contributed by atoms with Gasteiger partial charge in [0.15, 0.2) is 11.5 Å². The molecule has 7 nitrogen and oxygen atoms in total. The quantitative estimate of drug-likeness (QED) is 0.268. The van der Waals surface area contributed by atoms with E-state index in [2.05, 4.69) is 37.2 Å². The van der Waals surface area contributed by atoms with Crippen LogP contribution in [0.4, 0.5) is 19.3 Å². The second-order valence-electron chi connectivity index (χ2n) is 7.89. The van der Waals surface area contributed by atoms with Gasteiger partial charge in [0.05, 0.1) is 22.2 Å². The first-order valence-corrected chi connectivity index (χ1v) is 13.3. The van der Waals surface area contributed by atoms with E-state index in [1.807, 2.05) is 24.3 Å². The van der Waals surface area contributed by atoms with Gasteiger partial charge in [-0.3, -0.25) is 19.3 Å². The molecule has 12 heteroatoms. The van der Waals surface area contributed by atoms with E-state index in [-0.39, 0.29) is 10.6 Å². The number of amides is 3. The lowest BCUT2D eigenvalue weighted by Gasteiger charge is -2.14. The minimum atomic E-state index is -0.976. The van der Waals surface area contributed by atoms with Crippen molar-refractivity contribution in [3.8, 4) is 11.5 Å². The Kier molecular flexibility index (Phi) is 8.85. The molecule has 38 heavy (non-hydrogen) atoms. The Morgan fingerprint density at radius 3 is 2.50 bits per heavy atom. The minimum absolute atomic E-state index is 0.0910.